The van der Waals surface area contributed by atoms with Crippen molar-refractivity contribution in [1.29, 1.82) is 0 Å². The number of hydrogen-bond acceptors (Lipinski definition) is 2. The molecule has 0 spiro atoms. The van der Waals surface area contributed by atoms with Crippen LogP contribution in [0.2, 0.25) is 5.02 Å². The Morgan fingerprint density at radius 3 is 1.94 bits per heavy atom. The first-order valence-electron chi connectivity index (χ1n) is 11.5. The van der Waals surface area contributed by atoms with E-state index in [0.29, 0.717) is 5.92 Å². The van der Waals surface area contributed by atoms with E-state index >= 15 is 0 Å². The van der Waals surface area contributed by atoms with E-state index in [4.69, 9.17) is 11.6 Å². The van der Waals surface area contributed by atoms with Crippen molar-refractivity contribution in [3.05, 3.63) is 64.2 Å². The summed E-state index contributed by atoms with van der Waals surface area (Å²) < 4.78 is 0. The lowest BCUT2D eigenvalue weighted by atomic mass is 10.1. The molecule has 0 unspecified atom stereocenters. The van der Waals surface area contributed by atoms with E-state index in [2.05, 4.69) is 39.6 Å². The molecule has 31 heavy (non-hydrogen) atoms. The molecule has 0 aliphatic rings. The standard InChI is InChI=1S/C13H17NO.C7H7Cl.C6H14.C2H6/c1-9(2)8-14-13-7-12(11(4)15)6-5-10(13)3;1-6-3-2-4-7(8)5-6;1-4-6(3)5-2;1-2/h5-9H,1-4H3;2-5H,1H3;6H,4-5H2,1-3H3;1-2H3. The quantitative estimate of drug-likeness (QED) is 0.332. The molecule has 3 heteroatoms. The number of aryl methyl sites for hydroxylation is 2. The van der Waals surface area contributed by atoms with Gasteiger partial charge < -0.3 is 0 Å². The van der Waals surface area contributed by atoms with Crippen LogP contribution in [0, 0.1) is 25.7 Å². The molecular formula is C28H44ClNO. The summed E-state index contributed by atoms with van der Waals surface area (Å²) in [5.41, 5.74) is 3.90. The number of rotatable bonds is 5. The first kappa shape index (κ1) is 31.3. The molecule has 0 aliphatic carbocycles. The molecule has 0 aliphatic heterocycles. The number of hydrogen-bond donors (Lipinski definition) is 0. The fraction of sp³-hybridized carbons (Fsp3) is 0.500. The molecule has 0 N–H and O–H groups in total. The molecular weight excluding hydrogens is 402 g/mol. The van der Waals surface area contributed by atoms with Crippen molar-refractivity contribution >= 4 is 29.3 Å². The third-order valence-corrected chi connectivity index (χ3v) is 4.74. The SMILES string of the molecule is CC.CC(=O)c1ccc(C)c(N=CC(C)C)c1.CCC(C)CC.Cc1cccc(Cl)c1. The summed E-state index contributed by atoms with van der Waals surface area (Å²) in [6.07, 6.45) is 4.55. The topological polar surface area (TPSA) is 29.4 Å². The summed E-state index contributed by atoms with van der Waals surface area (Å²) in [6, 6.07) is 13.4. The number of aliphatic imine (C=N–C) groups is 1. The number of benzene rings is 2. The lowest BCUT2D eigenvalue weighted by Gasteiger charge is -2.03. The molecule has 2 aromatic rings. The van der Waals surface area contributed by atoms with Crippen molar-refractivity contribution in [2.24, 2.45) is 16.8 Å². The van der Waals surface area contributed by atoms with Crippen LogP contribution in [0.5, 0.6) is 0 Å². The zero-order chi connectivity index (χ0) is 24.4. The number of Topliss-reactive ketones (excluding diaryl/α,β-unsaturated/α-hetero) is 1. The Labute approximate surface area is 197 Å². The largest absolute Gasteiger partial charge is 0.295 e. The summed E-state index contributed by atoms with van der Waals surface area (Å²) in [6.45, 7) is 20.5. The molecule has 0 fully saturated rings. The number of carbonyl (C=O) groups is 1. The van der Waals surface area contributed by atoms with E-state index in [1.807, 2.05) is 76.4 Å². The maximum Gasteiger partial charge on any atom is 0.159 e. The summed E-state index contributed by atoms with van der Waals surface area (Å²) in [5.74, 6) is 1.44. The van der Waals surface area contributed by atoms with E-state index < -0.39 is 0 Å². The summed E-state index contributed by atoms with van der Waals surface area (Å²) in [5, 5.41) is 0.810. The maximum atomic E-state index is 11.2. The van der Waals surface area contributed by atoms with E-state index in [1.165, 1.54) is 18.4 Å². The molecule has 2 rings (SSSR count). The van der Waals surface area contributed by atoms with Crippen molar-refractivity contribution in [3.8, 4) is 0 Å². The normalized spacial score (nSPS) is 9.97. The van der Waals surface area contributed by atoms with Gasteiger partial charge in [-0.2, -0.15) is 0 Å². The molecule has 0 amide bonds. The van der Waals surface area contributed by atoms with Crippen LogP contribution in [0.25, 0.3) is 0 Å². The molecule has 0 heterocycles. The van der Waals surface area contributed by atoms with Gasteiger partial charge in [0.1, 0.15) is 0 Å². The molecule has 0 saturated heterocycles. The first-order valence-corrected chi connectivity index (χ1v) is 11.9. The van der Waals surface area contributed by atoms with Crippen LogP contribution < -0.4 is 0 Å². The van der Waals surface area contributed by atoms with Gasteiger partial charge in [-0.3, -0.25) is 9.79 Å². The highest BCUT2D eigenvalue weighted by molar-refractivity contribution is 6.30. The molecule has 174 valence electrons. The Bertz CT molecular complexity index is 744. The highest BCUT2D eigenvalue weighted by atomic mass is 35.5. The second-order valence-electron chi connectivity index (χ2n) is 7.80. The van der Waals surface area contributed by atoms with Gasteiger partial charge in [0.05, 0.1) is 5.69 Å². The first-order chi connectivity index (χ1) is 14.6. The predicted molar refractivity (Wildman–Crippen MR) is 141 cm³/mol. The highest BCUT2D eigenvalue weighted by Gasteiger charge is 2.02. The Kier molecular flexibility index (Phi) is 19.0. The van der Waals surface area contributed by atoms with Gasteiger partial charge in [-0.15, -0.1) is 0 Å². The van der Waals surface area contributed by atoms with E-state index in [9.17, 15) is 4.79 Å². The Hall–Kier alpha value is -1.93. The van der Waals surface area contributed by atoms with Crippen LogP contribution in [0.4, 0.5) is 5.69 Å². The van der Waals surface area contributed by atoms with Crippen molar-refractivity contribution in [2.75, 3.05) is 0 Å². The minimum Gasteiger partial charge on any atom is -0.295 e. The minimum absolute atomic E-state index is 0.0796. The third kappa shape index (κ3) is 16.4. The van der Waals surface area contributed by atoms with Crippen LogP contribution in [0.1, 0.15) is 89.7 Å². The van der Waals surface area contributed by atoms with E-state index in [-0.39, 0.29) is 5.78 Å². The molecule has 0 radical (unpaired) electrons. The van der Waals surface area contributed by atoms with Crippen molar-refractivity contribution in [2.45, 2.75) is 82.1 Å². The lowest BCUT2D eigenvalue weighted by molar-refractivity contribution is 0.101. The molecule has 0 bridgehead atoms. The van der Waals surface area contributed by atoms with Crippen LogP contribution >= 0.6 is 11.6 Å². The maximum absolute atomic E-state index is 11.2. The Morgan fingerprint density at radius 2 is 1.58 bits per heavy atom. The number of halogens is 1. The van der Waals surface area contributed by atoms with Gasteiger partial charge in [0.15, 0.2) is 5.78 Å². The predicted octanol–water partition coefficient (Wildman–Crippen LogP) is 9.67. The number of ketones is 1. The number of carbonyl (C=O) groups excluding carboxylic acids is 1. The van der Waals surface area contributed by atoms with Gasteiger partial charge >= 0.3 is 0 Å². The average Bonchev–Trinajstić information content (AvgIpc) is 2.74. The zero-order valence-electron chi connectivity index (χ0n) is 21.4. The van der Waals surface area contributed by atoms with E-state index in [1.54, 1.807) is 6.92 Å². The van der Waals surface area contributed by atoms with Gasteiger partial charge in [-0.25, -0.2) is 0 Å². The summed E-state index contributed by atoms with van der Waals surface area (Å²) in [7, 11) is 0. The monoisotopic (exact) mass is 445 g/mol. The second-order valence-corrected chi connectivity index (χ2v) is 8.24. The molecule has 2 nitrogen and oxygen atoms in total. The zero-order valence-corrected chi connectivity index (χ0v) is 22.2. The minimum atomic E-state index is 0.0796. The Balaban J connectivity index is 0. The molecule has 0 atom stereocenters. The molecule has 0 aromatic heterocycles. The van der Waals surface area contributed by atoms with Crippen LogP contribution in [0.3, 0.4) is 0 Å². The smallest absolute Gasteiger partial charge is 0.159 e. The van der Waals surface area contributed by atoms with Crippen molar-refractivity contribution in [1.82, 2.24) is 0 Å². The van der Waals surface area contributed by atoms with E-state index in [0.717, 1.165) is 27.8 Å². The third-order valence-electron chi connectivity index (χ3n) is 4.50. The second kappa shape index (κ2) is 18.8. The van der Waals surface area contributed by atoms with Crippen LogP contribution in [0.15, 0.2) is 47.5 Å². The summed E-state index contributed by atoms with van der Waals surface area (Å²) in [4.78, 5) is 15.6. The van der Waals surface area contributed by atoms with Crippen molar-refractivity contribution < 1.29 is 4.79 Å². The molecule has 0 saturated carbocycles. The van der Waals surface area contributed by atoms with Gasteiger partial charge in [-0.1, -0.05) is 97.2 Å². The van der Waals surface area contributed by atoms with Crippen LogP contribution in [-0.2, 0) is 0 Å². The highest BCUT2D eigenvalue weighted by Crippen LogP contribution is 2.20. The Morgan fingerprint density at radius 1 is 1.00 bits per heavy atom. The fourth-order valence-electron chi connectivity index (χ4n) is 2.09. The van der Waals surface area contributed by atoms with Gasteiger partial charge in [0.25, 0.3) is 0 Å². The summed E-state index contributed by atoms with van der Waals surface area (Å²) >= 11 is 5.64. The molecule has 2 aromatic carbocycles. The van der Waals surface area contributed by atoms with Crippen molar-refractivity contribution in [3.63, 3.8) is 0 Å². The number of nitrogens with zero attached hydrogens (tertiary/aromatic N) is 1. The average molecular weight is 446 g/mol. The van der Waals surface area contributed by atoms with Crippen LogP contribution in [-0.4, -0.2) is 12.0 Å². The fourth-order valence-corrected chi connectivity index (χ4v) is 2.34. The van der Waals surface area contributed by atoms with Gasteiger partial charge in [0.2, 0.25) is 0 Å². The van der Waals surface area contributed by atoms with Gasteiger partial charge in [0, 0.05) is 16.8 Å². The lowest BCUT2D eigenvalue weighted by Crippen LogP contribution is -1.92. The van der Waals surface area contributed by atoms with Gasteiger partial charge in [-0.05, 0) is 61.9 Å².